The van der Waals surface area contributed by atoms with Gasteiger partial charge in [0.2, 0.25) is 11.8 Å². The van der Waals surface area contributed by atoms with E-state index >= 15 is 0 Å². The number of rotatable bonds is 6. The lowest BCUT2D eigenvalue weighted by Crippen LogP contribution is -2.53. The first-order chi connectivity index (χ1) is 14.8. The third-order valence-electron chi connectivity index (χ3n) is 5.27. The molecule has 3 amide bonds. The summed E-state index contributed by atoms with van der Waals surface area (Å²) in [5, 5.41) is 6.22. The highest BCUT2D eigenvalue weighted by molar-refractivity contribution is 6.30. The second kappa shape index (κ2) is 10.4. The van der Waals surface area contributed by atoms with Crippen molar-refractivity contribution in [3.8, 4) is 0 Å². The van der Waals surface area contributed by atoms with E-state index in [0.717, 1.165) is 5.56 Å². The van der Waals surface area contributed by atoms with Gasteiger partial charge in [0.1, 0.15) is 11.9 Å². The monoisotopic (exact) mass is 445 g/mol. The SMILES string of the molecule is CC(=O)NC(Cc1ccc(F)cc1)C(=O)NC1CCN(C(=O)c2ccc(Cl)cc2)CC1. The van der Waals surface area contributed by atoms with E-state index in [0.29, 0.717) is 36.5 Å². The zero-order valence-corrected chi connectivity index (χ0v) is 18.0. The summed E-state index contributed by atoms with van der Waals surface area (Å²) in [6.07, 6.45) is 1.50. The van der Waals surface area contributed by atoms with Crippen LogP contribution in [0.3, 0.4) is 0 Å². The van der Waals surface area contributed by atoms with Gasteiger partial charge in [-0.25, -0.2) is 4.39 Å². The Morgan fingerprint density at radius 1 is 1.06 bits per heavy atom. The normalized spacial score (nSPS) is 15.3. The molecule has 0 bridgehead atoms. The largest absolute Gasteiger partial charge is 0.351 e. The Balaban J connectivity index is 1.55. The maximum absolute atomic E-state index is 13.1. The maximum Gasteiger partial charge on any atom is 0.253 e. The Kier molecular flexibility index (Phi) is 7.63. The molecule has 164 valence electrons. The minimum atomic E-state index is -0.753. The van der Waals surface area contributed by atoms with Crippen LogP contribution in [0.2, 0.25) is 5.02 Å². The topological polar surface area (TPSA) is 78.5 Å². The Morgan fingerprint density at radius 3 is 2.26 bits per heavy atom. The van der Waals surface area contributed by atoms with E-state index in [-0.39, 0.29) is 36.0 Å². The molecule has 0 spiro atoms. The van der Waals surface area contributed by atoms with Gasteiger partial charge in [-0.2, -0.15) is 0 Å². The van der Waals surface area contributed by atoms with Gasteiger partial charge in [-0.05, 0) is 54.8 Å². The van der Waals surface area contributed by atoms with Crippen LogP contribution in [0.25, 0.3) is 0 Å². The quantitative estimate of drug-likeness (QED) is 0.717. The van der Waals surface area contributed by atoms with Crippen LogP contribution < -0.4 is 10.6 Å². The molecule has 1 aliphatic rings. The Labute approximate surface area is 185 Å². The first kappa shape index (κ1) is 22.7. The van der Waals surface area contributed by atoms with Crippen LogP contribution in [0.4, 0.5) is 4.39 Å². The molecule has 0 aromatic heterocycles. The van der Waals surface area contributed by atoms with Gasteiger partial charge in [-0.15, -0.1) is 0 Å². The molecule has 2 aromatic rings. The first-order valence-electron chi connectivity index (χ1n) is 10.2. The molecule has 1 atom stereocenters. The van der Waals surface area contributed by atoms with Gasteiger partial charge >= 0.3 is 0 Å². The van der Waals surface area contributed by atoms with E-state index in [9.17, 15) is 18.8 Å². The second-order valence-corrected chi connectivity index (χ2v) is 8.10. The van der Waals surface area contributed by atoms with E-state index in [1.54, 1.807) is 41.3 Å². The molecule has 1 aliphatic heterocycles. The van der Waals surface area contributed by atoms with Crippen LogP contribution in [0.15, 0.2) is 48.5 Å². The highest BCUT2D eigenvalue weighted by Gasteiger charge is 2.27. The number of halogens is 2. The Hall–Kier alpha value is -2.93. The summed E-state index contributed by atoms with van der Waals surface area (Å²) in [7, 11) is 0. The molecule has 3 rings (SSSR count). The van der Waals surface area contributed by atoms with Crippen molar-refractivity contribution < 1.29 is 18.8 Å². The molecule has 0 aliphatic carbocycles. The molecule has 1 saturated heterocycles. The lowest BCUT2D eigenvalue weighted by Gasteiger charge is -2.33. The van der Waals surface area contributed by atoms with Crippen molar-refractivity contribution in [1.29, 1.82) is 0 Å². The summed E-state index contributed by atoms with van der Waals surface area (Å²) in [5.74, 6) is -1.02. The molecule has 1 unspecified atom stereocenters. The van der Waals surface area contributed by atoms with Crippen LogP contribution in [0.5, 0.6) is 0 Å². The van der Waals surface area contributed by atoms with E-state index in [1.807, 2.05) is 0 Å². The molecule has 2 N–H and O–H groups in total. The van der Waals surface area contributed by atoms with Gasteiger partial charge in [-0.3, -0.25) is 14.4 Å². The smallest absolute Gasteiger partial charge is 0.253 e. The second-order valence-electron chi connectivity index (χ2n) is 7.67. The van der Waals surface area contributed by atoms with Crippen LogP contribution in [-0.2, 0) is 16.0 Å². The molecule has 6 nitrogen and oxygen atoms in total. The number of benzene rings is 2. The molecular weight excluding hydrogens is 421 g/mol. The van der Waals surface area contributed by atoms with Crippen LogP contribution >= 0.6 is 11.6 Å². The van der Waals surface area contributed by atoms with E-state index in [2.05, 4.69) is 10.6 Å². The Bertz CT molecular complexity index is 926. The number of hydrogen-bond acceptors (Lipinski definition) is 3. The van der Waals surface area contributed by atoms with E-state index in [4.69, 9.17) is 11.6 Å². The number of likely N-dealkylation sites (tertiary alicyclic amines) is 1. The Morgan fingerprint density at radius 2 is 1.68 bits per heavy atom. The first-order valence-corrected chi connectivity index (χ1v) is 10.6. The fourth-order valence-electron chi connectivity index (χ4n) is 3.61. The predicted octanol–water partition coefficient (Wildman–Crippen LogP) is 2.95. The number of piperidine rings is 1. The fraction of sp³-hybridized carbons (Fsp3) is 0.348. The number of hydrogen-bond donors (Lipinski definition) is 2. The van der Waals surface area contributed by atoms with E-state index < -0.39 is 6.04 Å². The van der Waals surface area contributed by atoms with Crippen molar-refractivity contribution in [3.05, 3.63) is 70.5 Å². The average Bonchev–Trinajstić information content (AvgIpc) is 2.75. The van der Waals surface area contributed by atoms with Crippen molar-refractivity contribution >= 4 is 29.3 Å². The molecule has 1 fully saturated rings. The summed E-state index contributed by atoms with van der Waals surface area (Å²) in [6, 6.07) is 11.8. The molecule has 0 saturated carbocycles. The van der Waals surface area contributed by atoms with Gasteiger partial charge in [0, 0.05) is 43.1 Å². The minimum absolute atomic E-state index is 0.0612. The lowest BCUT2D eigenvalue weighted by atomic mass is 10.0. The van der Waals surface area contributed by atoms with Gasteiger partial charge in [-0.1, -0.05) is 23.7 Å². The molecule has 1 heterocycles. The third-order valence-corrected chi connectivity index (χ3v) is 5.52. The summed E-state index contributed by atoms with van der Waals surface area (Å²) >= 11 is 5.88. The summed E-state index contributed by atoms with van der Waals surface area (Å²) in [5.41, 5.74) is 1.33. The predicted molar refractivity (Wildman–Crippen MR) is 116 cm³/mol. The van der Waals surface area contributed by atoms with Crippen LogP contribution in [-0.4, -0.2) is 47.8 Å². The number of carbonyl (C=O) groups excluding carboxylic acids is 3. The van der Waals surface area contributed by atoms with Crippen molar-refractivity contribution in [2.75, 3.05) is 13.1 Å². The third kappa shape index (κ3) is 6.52. The van der Waals surface area contributed by atoms with Gasteiger partial charge in [0.15, 0.2) is 0 Å². The number of carbonyl (C=O) groups is 3. The van der Waals surface area contributed by atoms with Gasteiger partial charge in [0.05, 0.1) is 0 Å². The summed E-state index contributed by atoms with van der Waals surface area (Å²) < 4.78 is 13.1. The van der Waals surface area contributed by atoms with Gasteiger partial charge < -0.3 is 15.5 Å². The highest BCUT2D eigenvalue weighted by Crippen LogP contribution is 2.16. The number of nitrogens with zero attached hydrogens (tertiary/aromatic N) is 1. The summed E-state index contributed by atoms with van der Waals surface area (Å²) in [4.78, 5) is 38.7. The fourth-order valence-corrected chi connectivity index (χ4v) is 3.74. The van der Waals surface area contributed by atoms with E-state index in [1.165, 1.54) is 19.1 Å². The maximum atomic E-state index is 13.1. The molecule has 0 radical (unpaired) electrons. The van der Waals surface area contributed by atoms with Crippen molar-refractivity contribution in [3.63, 3.8) is 0 Å². The van der Waals surface area contributed by atoms with Crippen molar-refractivity contribution in [1.82, 2.24) is 15.5 Å². The standard InChI is InChI=1S/C23H25ClFN3O3/c1-15(29)26-21(14-16-2-8-19(25)9-3-16)22(30)27-20-10-12-28(13-11-20)23(31)17-4-6-18(24)7-5-17/h2-9,20-21H,10-14H2,1H3,(H,26,29)(H,27,30). The van der Waals surface area contributed by atoms with Crippen LogP contribution in [0, 0.1) is 5.82 Å². The average molecular weight is 446 g/mol. The van der Waals surface area contributed by atoms with Crippen molar-refractivity contribution in [2.45, 2.75) is 38.3 Å². The number of amides is 3. The summed E-state index contributed by atoms with van der Waals surface area (Å²) in [6.45, 7) is 2.40. The van der Waals surface area contributed by atoms with Gasteiger partial charge in [0.25, 0.3) is 5.91 Å². The minimum Gasteiger partial charge on any atom is -0.351 e. The lowest BCUT2D eigenvalue weighted by molar-refractivity contribution is -0.128. The zero-order valence-electron chi connectivity index (χ0n) is 17.2. The van der Waals surface area contributed by atoms with Crippen molar-refractivity contribution in [2.24, 2.45) is 0 Å². The molecular formula is C23H25ClFN3O3. The van der Waals surface area contributed by atoms with Crippen LogP contribution in [0.1, 0.15) is 35.7 Å². The number of nitrogens with one attached hydrogen (secondary N) is 2. The molecule has 2 aromatic carbocycles. The molecule has 31 heavy (non-hydrogen) atoms. The molecule has 8 heteroatoms. The highest BCUT2D eigenvalue weighted by atomic mass is 35.5. The zero-order chi connectivity index (χ0) is 22.4.